The molecule has 2 N–H and O–H groups in total. The average Bonchev–Trinajstić information content (AvgIpc) is 2.37. The summed E-state index contributed by atoms with van der Waals surface area (Å²) >= 11 is 0. The van der Waals surface area contributed by atoms with Gasteiger partial charge in [-0.05, 0) is 44.2 Å². The molecule has 0 radical (unpaired) electrons. The van der Waals surface area contributed by atoms with Gasteiger partial charge in [-0.15, -0.1) is 0 Å². The molecule has 1 aliphatic rings. The van der Waals surface area contributed by atoms with E-state index in [0.29, 0.717) is 0 Å². The summed E-state index contributed by atoms with van der Waals surface area (Å²) in [5, 5.41) is 12.1. The number of aliphatic hydroxyl groups is 1. The summed E-state index contributed by atoms with van der Waals surface area (Å²) in [7, 11) is 0. The molecule has 0 saturated carbocycles. The summed E-state index contributed by atoms with van der Waals surface area (Å²) < 4.78 is 0. The van der Waals surface area contributed by atoms with Gasteiger partial charge in [0.25, 0.3) is 0 Å². The van der Waals surface area contributed by atoms with Crippen LogP contribution in [-0.4, -0.2) is 23.2 Å². The first-order valence-electron chi connectivity index (χ1n) is 6.51. The Bertz CT molecular complexity index is 440. The summed E-state index contributed by atoms with van der Waals surface area (Å²) in [6.07, 6.45) is 2.67. The largest absolute Gasteiger partial charge is 0.394 e. The molecule has 2 rings (SSSR count). The maximum absolute atomic E-state index is 12.2. The minimum atomic E-state index is -0.534. The molecule has 0 bridgehead atoms. The van der Waals surface area contributed by atoms with Gasteiger partial charge in [-0.2, -0.15) is 0 Å². The molecular weight excluding hydrogens is 226 g/mol. The Morgan fingerprint density at radius 2 is 2.06 bits per heavy atom. The van der Waals surface area contributed by atoms with Crippen LogP contribution in [0.25, 0.3) is 0 Å². The first-order chi connectivity index (χ1) is 8.52. The van der Waals surface area contributed by atoms with E-state index in [9.17, 15) is 9.90 Å². The highest BCUT2D eigenvalue weighted by atomic mass is 16.3. The van der Waals surface area contributed by atoms with Gasteiger partial charge in [0.15, 0.2) is 0 Å². The van der Waals surface area contributed by atoms with Gasteiger partial charge in [-0.3, -0.25) is 4.79 Å². The Morgan fingerprint density at radius 1 is 1.39 bits per heavy atom. The third-order valence-electron chi connectivity index (χ3n) is 3.57. The quantitative estimate of drug-likeness (QED) is 0.853. The van der Waals surface area contributed by atoms with Crippen molar-refractivity contribution in [1.29, 1.82) is 0 Å². The zero-order chi connectivity index (χ0) is 13.2. The second-order valence-electron chi connectivity index (χ2n) is 5.74. The molecule has 0 aromatic heterocycles. The smallest absolute Gasteiger partial charge is 0.223 e. The maximum Gasteiger partial charge on any atom is 0.223 e. The fourth-order valence-electron chi connectivity index (χ4n) is 2.40. The van der Waals surface area contributed by atoms with Crippen molar-refractivity contribution in [3.8, 4) is 0 Å². The Labute approximate surface area is 108 Å². The van der Waals surface area contributed by atoms with Crippen molar-refractivity contribution >= 4 is 5.91 Å². The molecule has 98 valence electrons. The summed E-state index contributed by atoms with van der Waals surface area (Å²) in [5.74, 6) is 0.0919. The minimum absolute atomic E-state index is 0.0331. The highest BCUT2D eigenvalue weighted by molar-refractivity contribution is 5.80. The van der Waals surface area contributed by atoms with E-state index < -0.39 is 5.54 Å². The molecule has 1 atom stereocenters. The highest BCUT2D eigenvalue weighted by Gasteiger charge is 2.28. The number of carbonyl (C=O) groups excluding carboxylic acids is 1. The maximum atomic E-state index is 12.2. The number of benzene rings is 1. The number of aliphatic hydroxyl groups excluding tert-OH is 1. The van der Waals surface area contributed by atoms with Crippen LogP contribution >= 0.6 is 0 Å². The molecule has 1 aromatic rings. The topological polar surface area (TPSA) is 49.3 Å². The number of nitrogens with one attached hydrogen (secondary N) is 1. The zero-order valence-electron chi connectivity index (χ0n) is 11.1. The van der Waals surface area contributed by atoms with E-state index in [1.807, 2.05) is 26.0 Å². The van der Waals surface area contributed by atoms with E-state index >= 15 is 0 Å². The monoisotopic (exact) mass is 247 g/mol. The lowest BCUT2D eigenvalue weighted by atomic mass is 9.83. The van der Waals surface area contributed by atoms with E-state index in [0.717, 1.165) is 19.3 Å². The second kappa shape index (κ2) is 5.11. The van der Waals surface area contributed by atoms with Crippen molar-refractivity contribution < 1.29 is 9.90 Å². The van der Waals surface area contributed by atoms with Crippen LogP contribution < -0.4 is 5.32 Å². The molecule has 1 aliphatic carbocycles. The first-order valence-corrected chi connectivity index (χ1v) is 6.51. The Balaban J connectivity index is 2.03. The number of carbonyl (C=O) groups is 1. The first kappa shape index (κ1) is 13.1. The van der Waals surface area contributed by atoms with Crippen LogP contribution in [0.1, 0.15) is 31.4 Å². The van der Waals surface area contributed by atoms with E-state index in [1.54, 1.807) is 0 Å². The second-order valence-corrected chi connectivity index (χ2v) is 5.74. The molecule has 1 amide bonds. The Kier molecular flexibility index (Phi) is 3.71. The summed E-state index contributed by atoms with van der Waals surface area (Å²) in [5.41, 5.74) is 2.11. The van der Waals surface area contributed by atoms with Gasteiger partial charge >= 0.3 is 0 Å². The Hall–Kier alpha value is -1.35. The standard InChI is InChI=1S/C15H21NO2/c1-15(2,10-17)16-14(18)13-8-7-11-5-3-4-6-12(11)9-13/h3-6,13,17H,7-10H2,1-2H3,(H,16,18). The third-order valence-corrected chi connectivity index (χ3v) is 3.57. The normalized spacial score (nSPS) is 19.2. The lowest BCUT2D eigenvalue weighted by molar-refractivity contribution is -0.127. The van der Waals surface area contributed by atoms with Gasteiger partial charge in [0.05, 0.1) is 12.1 Å². The predicted octanol–water partition coefficient (Wildman–Crippen LogP) is 1.68. The van der Waals surface area contributed by atoms with Crippen LogP contribution in [0.3, 0.4) is 0 Å². The molecule has 0 aliphatic heterocycles. The van der Waals surface area contributed by atoms with Gasteiger partial charge in [0.2, 0.25) is 5.91 Å². The lowest BCUT2D eigenvalue weighted by Gasteiger charge is -2.29. The number of amides is 1. The molecular formula is C15H21NO2. The zero-order valence-corrected chi connectivity index (χ0v) is 11.1. The van der Waals surface area contributed by atoms with Crippen molar-refractivity contribution in [3.05, 3.63) is 35.4 Å². The van der Waals surface area contributed by atoms with Crippen LogP contribution in [0.15, 0.2) is 24.3 Å². The van der Waals surface area contributed by atoms with E-state index in [-0.39, 0.29) is 18.4 Å². The molecule has 18 heavy (non-hydrogen) atoms. The van der Waals surface area contributed by atoms with E-state index in [1.165, 1.54) is 11.1 Å². The minimum Gasteiger partial charge on any atom is -0.394 e. The lowest BCUT2D eigenvalue weighted by Crippen LogP contribution is -2.49. The van der Waals surface area contributed by atoms with Gasteiger partial charge in [0.1, 0.15) is 0 Å². The van der Waals surface area contributed by atoms with Gasteiger partial charge < -0.3 is 10.4 Å². The van der Waals surface area contributed by atoms with Crippen molar-refractivity contribution in [3.63, 3.8) is 0 Å². The fraction of sp³-hybridized carbons (Fsp3) is 0.533. The van der Waals surface area contributed by atoms with Crippen LogP contribution in [-0.2, 0) is 17.6 Å². The van der Waals surface area contributed by atoms with E-state index in [4.69, 9.17) is 0 Å². The molecule has 0 spiro atoms. The summed E-state index contributed by atoms with van der Waals surface area (Å²) in [4.78, 5) is 12.2. The van der Waals surface area contributed by atoms with Crippen molar-refractivity contribution in [2.75, 3.05) is 6.61 Å². The Morgan fingerprint density at radius 3 is 2.72 bits per heavy atom. The van der Waals surface area contributed by atoms with Crippen molar-refractivity contribution in [1.82, 2.24) is 5.32 Å². The molecule has 1 unspecified atom stereocenters. The molecule has 1 aromatic carbocycles. The van der Waals surface area contributed by atoms with Gasteiger partial charge in [-0.1, -0.05) is 24.3 Å². The fourth-order valence-corrected chi connectivity index (χ4v) is 2.40. The molecule has 3 nitrogen and oxygen atoms in total. The van der Waals surface area contributed by atoms with Crippen LogP contribution in [0.4, 0.5) is 0 Å². The van der Waals surface area contributed by atoms with Crippen LogP contribution in [0.5, 0.6) is 0 Å². The number of fused-ring (bicyclic) bond motifs is 1. The van der Waals surface area contributed by atoms with E-state index in [2.05, 4.69) is 17.4 Å². The molecule has 0 fully saturated rings. The highest BCUT2D eigenvalue weighted by Crippen LogP contribution is 2.25. The molecule has 0 heterocycles. The van der Waals surface area contributed by atoms with Crippen molar-refractivity contribution in [2.45, 2.75) is 38.6 Å². The van der Waals surface area contributed by atoms with Crippen LogP contribution in [0.2, 0.25) is 0 Å². The summed E-state index contributed by atoms with van der Waals surface area (Å²) in [6.45, 7) is 3.63. The molecule has 3 heteroatoms. The average molecular weight is 247 g/mol. The van der Waals surface area contributed by atoms with Gasteiger partial charge in [-0.25, -0.2) is 0 Å². The number of rotatable bonds is 3. The predicted molar refractivity (Wildman–Crippen MR) is 71.3 cm³/mol. The summed E-state index contributed by atoms with van der Waals surface area (Å²) in [6, 6.07) is 8.32. The van der Waals surface area contributed by atoms with Gasteiger partial charge in [0, 0.05) is 5.92 Å². The SMILES string of the molecule is CC(C)(CO)NC(=O)C1CCc2ccccc2C1. The van der Waals surface area contributed by atoms with Crippen molar-refractivity contribution in [2.24, 2.45) is 5.92 Å². The third kappa shape index (κ3) is 2.91. The number of aryl methyl sites for hydroxylation is 1. The van der Waals surface area contributed by atoms with Crippen LogP contribution in [0, 0.1) is 5.92 Å². The number of hydrogen-bond acceptors (Lipinski definition) is 2. The number of hydrogen-bond donors (Lipinski definition) is 2. The molecule has 0 saturated heterocycles.